The van der Waals surface area contributed by atoms with Crippen LogP contribution in [-0.4, -0.2) is 43.5 Å². The molecular formula is C20H36N2. The molecule has 0 heterocycles. The number of hydrogen-bond acceptors (Lipinski definition) is 2. The zero-order valence-corrected chi connectivity index (χ0v) is 15.6. The van der Waals surface area contributed by atoms with E-state index >= 15 is 0 Å². The van der Waals surface area contributed by atoms with Crippen molar-refractivity contribution >= 4 is 0 Å². The second kappa shape index (κ2) is 10.0. The summed E-state index contributed by atoms with van der Waals surface area (Å²) in [7, 11) is 4.31. The Kier molecular flexibility index (Phi) is 8.74. The Labute approximate surface area is 138 Å². The highest BCUT2D eigenvalue weighted by Gasteiger charge is 2.08. The van der Waals surface area contributed by atoms with E-state index in [1.54, 1.807) is 0 Å². The van der Waals surface area contributed by atoms with Crippen LogP contribution in [-0.2, 0) is 13.0 Å². The van der Waals surface area contributed by atoms with Crippen LogP contribution in [0.2, 0.25) is 0 Å². The van der Waals surface area contributed by atoms with E-state index in [-0.39, 0.29) is 0 Å². The molecule has 0 N–H and O–H groups in total. The molecule has 0 radical (unpaired) electrons. The molecule has 0 saturated carbocycles. The molecule has 0 fully saturated rings. The van der Waals surface area contributed by atoms with E-state index in [1.807, 2.05) is 0 Å². The van der Waals surface area contributed by atoms with Gasteiger partial charge >= 0.3 is 0 Å². The van der Waals surface area contributed by atoms with E-state index in [1.165, 1.54) is 30.5 Å². The van der Waals surface area contributed by atoms with Crippen LogP contribution in [0.25, 0.3) is 0 Å². The normalized spacial score (nSPS) is 12.1. The highest BCUT2D eigenvalue weighted by molar-refractivity contribution is 5.23. The van der Waals surface area contributed by atoms with Crippen LogP contribution in [0.5, 0.6) is 0 Å². The summed E-state index contributed by atoms with van der Waals surface area (Å²) >= 11 is 0. The minimum absolute atomic E-state index is 0.723. The molecule has 1 rings (SSSR count). The number of likely N-dealkylation sites (N-methyl/N-ethyl adjacent to an activating group) is 1. The standard InChI is InChI=1S/C20H36N2/c1-17(2)10-11-22(13-12-21(5)6)16-20-9-7-8-19(15-20)14-18(3)4/h7-9,15,17-18H,10-14,16H2,1-6H3. The number of benzene rings is 1. The average Bonchev–Trinajstić information content (AvgIpc) is 2.41. The van der Waals surface area contributed by atoms with E-state index in [2.05, 4.69) is 75.9 Å². The Hall–Kier alpha value is -0.860. The summed E-state index contributed by atoms with van der Waals surface area (Å²) < 4.78 is 0. The third kappa shape index (κ3) is 8.55. The van der Waals surface area contributed by atoms with Gasteiger partial charge in [0.1, 0.15) is 0 Å². The van der Waals surface area contributed by atoms with Crippen molar-refractivity contribution in [1.82, 2.24) is 9.80 Å². The first kappa shape index (κ1) is 19.2. The fourth-order valence-electron chi connectivity index (χ4n) is 2.64. The highest BCUT2D eigenvalue weighted by atomic mass is 15.2. The van der Waals surface area contributed by atoms with E-state index in [9.17, 15) is 0 Å². The molecule has 1 aromatic carbocycles. The molecule has 126 valence electrons. The maximum atomic E-state index is 2.61. The van der Waals surface area contributed by atoms with Crippen molar-refractivity contribution in [3.05, 3.63) is 35.4 Å². The van der Waals surface area contributed by atoms with Gasteiger partial charge in [-0.25, -0.2) is 0 Å². The van der Waals surface area contributed by atoms with Crippen molar-refractivity contribution < 1.29 is 0 Å². The SMILES string of the molecule is CC(C)CCN(CCN(C)C)Cc1cccc(CC(C)C)c1. The lowest BCUT2D eigenvalue weighted by molar-refractivity contribution is 0.222. The molecule has 0 amide bonds. The fraction of sp³-hybridized carbons (Fsp3) is 0.700. The number of nitrogens with zero attached hydrogens (tertiary/aromatic N) is 2. The van der Waals surface area contributed by atoms with Crippen LogP contribution in [0.1, 0.15) is 45.2 Å². The lowest BCUT2D eigenvalue weighted by atomic mass is 10.0. The van der Waals surface area contributed by atoms with Gasteiger partial charge in [0.15, 0.2) is 0 Å². The Morgan fingerprint density at radius 2 is 1.55 bits per heavy atom. The molecule has 0 atom stereocenters. The quantitative estimate of drug-likeness (QED) is 0.636. The van der Waals surface area contributed by atoms with Crippen molar-refractivity contribution in [2.75, 3.05) is 33.7 Å². The van der Waals surface area contributed by atoms with E-state index in [0.717, 1.165) is 31.5 Å². The molecular weight excluding hydrogens is 268 g/mol. The summed E-state index contributed by atoms with van der Waals surface area (Å²) in [6, 6.07) is 9.17. The zero-order valence-electron chi connectivity index (χ0n) is 15.6. The maximum Gasteiger partial charge on any atom is 0.0234 e. The summed E-state index contributed by atoms with van der Waals surface area (Å²) in [6.45, 7) is 13.8. The van der Waals surface area contributed by atoms with Crippen LogP contribution in [0.15, 0.2) is 24.3 Å². The molecule has 0 unspecified atom stereocenters. The highest BCUT2D eigenvalue weighted by Crippen LogP contribution is 2.13. The lowest BCUT2D eigenvalue weighted by Gasteiger charge is -2.25. The van der Waals surface area contributed by atoms with Gasteiger partial charge in [-0.2, -0.15) is 0 Å². The van der Waals surface area contributed by atoms with E-state index in [0.29, 0.717) is 0 Å². The summed E-state index contributed by atoms with van der Waals surface area (Å²) in [6.07, 6.45) is 2.46. The average molecular weight is 305 g/mol. The topological polar surface area (TPSA) is 6.48 Å². The molecule has 2 nitrogen and oxygen atoms in total. The molecule has 22 heavy (non-hydrogen) atoms. The first-order valence-corrected chi connectivity index (χ1v) is 8.81. The Bertz CT molecular complexity index is 398. The minimum atomic E-state index is 0.723. The first-order chi connectivity index (χ1) is 10.4. The Balaban J connectivity index is 2.66. The van der Waals surface area contributed by atoms with Crippen LogP contribution >= 0.6 is 0 Å². The fourth-order valence-corrected chi connectivity index (χ4v) is 2.64. The predicted octanol–water partition coefficient (Wildman–Crippen LogP) is 4.29. The zero-order chi connectivity index (χ0) is 16.5. The van der Waals surface area contributed by atoms with Crippen LogP contribution < -0.4 is 0 Å². The molecule has 0 aliphatic rings. The Morgan fingerprint density at radius 1 is 0.864 bits per heavy atom. The molecule has 0 spiro atoms. The van der Waals surface area contributed by atoms with Crippen LogP contribution in [0.4, 0.5) is 0 Å². The monoisotopic (exact) mass is 304 g/mol. The van der Waals surface area contributed by atoms with Gasteiger partial charge in [0, 0.05) is 19.6 Å². The maximum absolute atomic E-state index is 2.61. The smallest absolute Gasteiger partial charge is 0.0234 e. The van der Waals surface area contributed by atoms with Gasteiger partial charge in [0.05, 0.1) is 0 Å². The summed E-state index contributed by atoms with van der Waals surface area (Å²) in [5, 5.41) is 0. The van der Waals surface area contributed by atoms with Crippen molar-refractivity contribution in [3.63, 3.8) is 0 Å². The molecule has 0 aromatic heterocycles. The Morgan fingerprint density at radius 3 is 2.14 bits per heavy atom. The molecule has 0 aliphatic heterocycles. The first-order valence-electron chi connectivity index (χ1n) is 8.81. The van der Waals surface area contributed by atoms with Gasteiger partial charge in [-0.05, 0) is 56.4 Å². The number of rotatable bonds is 10. The van der Waals surface area contributed by atoms with Gasteiger partial charge < -0.3 is 4.90 Å². The third-order valence-electron chi connectivity index (χ3n) is 3.93. The number of hydrogen-bond donors (Lipinski definition) is 0. The molecule has 2 heteroatoms. The van der Waals surface area contributed by atoms with Crippen LogP contribution in [0, 0.1) is 11.8 Å². The largest absolute Gasteiger partial charge is 0.308 e. The summed E-state index contributed by atoms with van der Waals surface area (Å²) in [5.41, 5.74) is 2.93. The minimum Gasteiger partial charge on any atom is -0.308 e. The molecule has 0 bridgehead atoms. The van der Waals surface area contributed by atoms with Gasteiger partial charge in [0.2, 0.25) is 0 Å². The summed E-state index contributed by atoms with van der Waals surface area (Å²) in [5.74, 6) is 1.50. The lowest BCUT2D eigenvalue weighted by Crippen LogP contribution is -2.32. The summed E-state index contributed by atoms with van der Waals surface area (Å²) in [4.78, 5) is 4.88. The van der Waals surface area contributed by atoms with Crippen molar-refractivity contribution in [1.29, 1.82) is 0 Å². The second-order valence-electron chi connectivity index (χ2n) is 7.68. The third-order valence-corrected chi connectivity index (χ3v) is 3.93. The van der Waals surface area contributed by atoms with E-state index in [4.69, 9.17) is 0 Å². The molecule has 0 saturated heterocycles. The van der Waals surface area contributed by atoms with Crippen molar-refractivity contribution in [2.45, 2.75) is 47.1 Å². The van der Waals surface area contributed by atoms with Gasteiger partial charge in [0.25, 0.3) is 0 Å². The van der Waals surface area contributed by atoms with Gasteiger partial charge in [-0.1, -0.05) is 52.0 Å². The van der Waals surface area contributed by atoms with Gasteiger partial charge in [-0.15, -0.1) is 0 Å². The predicted molar refractivity (Wildman–Crippen MR) is 98.3 cm³/mol. The van der Waals surface area contributed by atoms with E-state index < -0.39 is 0 Å². The molecule has 0 aliphatic carbocycles. The molecule has 1 aromatic rings. The van der Waals surface area contributed by atoms with Gasteiger partial charge in [-0.3, -0.25) is 4.90 Å². The van der Waals surface area contributed by atoms with Crippen LogP contribution in [0.3, 0.4) is 0 Å². The second-order valence-corrected chi connectivity index (χ2v) is 7.68. The van der Waals surface area contributed by atoms with Crippen molar-refractivity contribution in [3.8, 4) is 0 Å². The van der Waals surface area contributed by atoms with Crippen molar-refractivity contribution in [2.24, 2.45) is 11.8 Å².